The Kier molecular flexibility index (Phi) is 5.07. The van der Waals surface area contributed by atoms with Crippen molar-refractivity contribution in [1.82, 2.24) is 5.32 Å². The van der Waals surface area contributed by atoms with Crippen LogP contribution in [0.2, 0.25) is 5.02 Å². The number of phenols is 1. The number of phenolic OH excluding ortho intramolecular Hbond substituents is 1. The van der Waals surface area contributed by atoms with Crippen LogP contribution in [-0.4, -0.2) is 17.6 Å². The van der Waals surface area contributed by atoms with E-state index in [1.54, 1.807) is 12.1 Å². The summed E-state index contributed by atoms with van der Waals surface area (Å²) in [5.74, 6) is 0.309. The number of fused-ring (bicyclic) bond motifs is 1. The topological polar surface area (TPSA) is 75.4 Å². The monoisotopic (exact) mass is 344 g/mol. The Morgan fingerprint density at radius 2 is 2.12 bits per heavy atom. The summed E-state index contributed by atoms with van der Waals surface area (Å²) in [5.41, 5.74) is 9.68. The van der Waals surface area contributed by atoms with Crippen molar-refractivity contribution in [3.63, 3.8) is 0 Å². The number of carbonyl (C=O) groups excluding carboxylic acids is 1. The van der Waals surface area contributed by atoms with Gasteiger partial charge >= 0.3 is 0 Å². The maximum absolute atomic E-state index is 12.4. The molecular formula is C19H21ClN2O2. The summed E-state index contributed by atoms with van der Waals surface area (Å²) in [4.78, 5) is 12.4. The first-order valence-electron chi connectivity index (χ1n) is 8.17. The van der Waals surface area contributed by atoms with Crippen LogP contribution in [0.5, 0.6) is 5.75 Å². The Morgan fingerprint density at radius 3 is 2.92 bits per heavy atom. The lowest BCUT2D eigenvalue weighted by atomic mass is 9.82. The first-order valence-corrected chi connectivity index (χ1v) is 8.54. The van der Waals surface area contributed by atoms with Crippen LogP contribution < -0.4 is 11.1 Å². The van der Waals surface area contributed by atoms with Crippen molar-refractivity contribution in [3.8, 4) is 5.75 Å². The summed E-state index contributed by atoms with van der Waals surface area (Å²) >= 11 is 6.08. The molecule has 0 aliphatic heterocycles. The maximum Gasteiger partial charge on any atom is 0.251 e. The van der Waals surface area contributed by atoms with Gasteiger partial charge in [-0.1, -0.05) is 17.7 Å². The lowest BCUT2D eigenvalue weighted by Gasteiger charge is -2.24. The number of aryl methyl sites for hydroxylation is 1. The van der Waals surface area contributed by atoms with E-state index in [4.69, 9.17) is 17.3 Å². The predicted octanol–water partition coefficient (Wildman–Crippen LogP) is 3.35. The summed E-state index contributed by atoms with van der Waals surface area (Å²) in [7, 11) is 0. The van der Waals surface area contributed by atoms with Gasteiger partial charge in [0.25, 0.3) is 5.91 Å². The van der Waals surface area contributed by atoms with Crippen LogP contribution in [-0.2, 0) is 13.0 Å². The second kappa shape index (κ2) is 7.24. The lowest BCUT2D eigenvalue weighted by molar-refractivity contribution is 0.0950. The quantitative estimate of drug-likeness (QED) is 0.796. The van der Waals surface area contributed by atoms with Crippen LogP contribution in [0.3, 0.4) is 0 Å². The number of hydrogen-bond acceptors (Lipinski definition) is 3. The molecule has 1 aliphatic rings. The Morgan fingerprint density at radius 1 is 1.29 bits per heavy atom. The van der Waals surface area contributed by atoms with Gasteiger partial charge in [0.1, 0.15) is 5.75 Å². The van der Waals surface area contributed by atoms with Crippen LogP contribution in [0.1, 0.15) is 45.8 Å². The molecule has 5 heteroatoms. The standard InChI is InChI=1S/C19H21ClN2O2/c20-18-7-6-16(23)8-15(18)11-22-19(24)13-5-4-12-2-1-3-14(10-21)17(12)9-13/h4-9,14,23H,1-3,10-11,21H2,(H,22,24). The van der Waals surface area contributed by atoms with Crippen molar-refractivity contribution >= 4 is 17.5 Å². The molecule has 1 amide bonds. The molecule has 1 unspecified atom stereocenters. The van der Waals surface area contributed by atoms with E-state index >= 15 is 0 Å². The predicted molar refractivity (Wildman–Crippen MR) is 95.5 cm³/mol. The van der Waals surface area contributed by atoms with Crippen LogP contribution in [0.15, 0.2) is 36.4 Å². The van der Waals surface area contributed by atoms with E-state index in [-0.39, 0.29) is 18.2 Å². The highest BCUT2D eigenvalue weighted by atomic mass is 35.5. The summed E-state index contributed by atoms with van der Waals surface area (Å²) in [5, 5.41) is 12.9. The number of hydrogen-bond donors (Lipinski definition) is 3. The van der Waals surface area contributed by atoms with Crippen molar-refractivity contribution in [2.45, 2.75) is 31.7 Å². The van der Waals surface area contributed by atoms with Crippen molar-refractivity contribution < 1.29 is 9.90 Å². The second-order valence-corrected chi connectivity index (χ2v) is 6.60. The second-order valence-electron chi connectivity index (χ2n) is 6.20. The van der Waals surface area contributed by atoms with Gasteiger partial charge in [-0.3, -0.25) is 4.79 Å². The first-order chi connectivity index (χ1) is 11.6. The Hall–Kier alpha value is -2.04. The van der Waals surface area contributed by atoms with E-state index in [9.17, 15) is 9.90 Å². The van der Waals surface area contributed by atoms with Crippen LogP contribution in [0.4, 0.5) is 0 Å². The molecule has 3 rings (SSSR count). The van der Waals surface area contributed by atoms with Gasteiger partial charge in [-0.05, 0) is 78.7 Å². The number of nitrogens with one attached hydrogen (secondary N) is 1. The molecule has 0 spiro atoms. The Labute approximate surface area is 146 Å². The van der Waals surface area contributed by atoms with Crippen molar-refractivity contribution in [2.75, 3.05) is 6.54 Å². The zero-order valence-electron chi connectivity index (χ0n) is 13.4. The molecule has 4 nitrogen and oxygen atoms in total. The number of amides is 1. The van der Waals surface area contributed by atoms with Crippen molar-refractivity contribution in [1.29, 1.82) is 0 Å². The molecular weight excluding hydrogens is 324 g/mol. The molecule has 24 heavy (non-hydrogen) atoms. The third kappa shape index (κ3) is 3.55. The van der Waals surface area contributed by atoms with E-state index in [0.29, 0.717) is 28.6 Å². The Balaban J connectivity index is 1.74. The van der Waals surface area contributed by atoms with Gasteiger partial charge in [-0.2, -0.15) is 0 Å². The number of rotatable bonds is 4. The third-order valence-electron chi connectivity index (χ3n) is 4.60. The average molecular weight is 345 g/mol. The average Bonchev–Trinajstić information content (AvgIpc) is 2.61. The summed E-state index contributed by atoms with van der Waals surface area (Å²) < 4.78 is 0. The molecule has 0 aromatic heterocycles. The molecule has 4 N–H and O–H groups in total. The minimum absolute atomic E-state index is 0.128. The molecule has 2 aromatic rings. The molecule has 0 saturated carbocycles. The fourth-order valence-electron chi connectivity index (χ4n) is 3.26. The van der Waals surface area contributed by atoms with E-state index in [1.165, 1.54) is 17.2 Å². The van der Waals surface area contributed by atoms with Gasteiger partial charge in [0, 0.05) is 17.1 Å². The molecule has 0 saturated heterocycles. The molecule has 1 atom stereocenters. The number of nitrogens with two attached hydrogens (primary N) is 1. The zero-order valence-corrected chi connectivity index (χ0v) is 14.1. The summed E-state index contributed by atoms with van der Waals surface area (Å²) in [6.07, 6.45) is 3.27. The molecule has 0 radical (unpaired) electrons. The fraction of sp³-hybridized carbons (Fsp3) is 0.316. The molecule has 126 valence electrons. The minimum Gasteiger partial charge on any atom is -0.508 e. The van der Waals surface area contributed by atoms with Gasteiger partial charge < -0.3 is 16.2 Å². The molecule has 1 aliphatic carbocycles. The number of halogens is 1. The van der Waals surface area contributed by atoms with Crippen molar-refractivity contribution in [2.24, 2.45) is 5.73 Å². The van der Waals surface area contributed by atoms with E-state index in [0.717, 1.165) is 19.3 Å². The number of benzene rings is 2. The highest BCUT2D eigenvalue weighted by Gasteiger charge is 2.20. The van der Waals surface area contributed by atoms with Gasteiger partial charge in [0.15, 0.2) is 0 Å². The minimum atomic E-state index is -0.154. The number of aromatic hydroxyl groups is 1. The third-order valence-corrected chi connectivity index (χ3v) is 4.97. The van der Waals surface area contributed by atoms with E-state index < -0.39 is 0 Å². The molecule has 0 bridgehead atoms. The Bertz CT molecular complexity index is 761. The molecule has 2 aromatic carbocycles. The zero-order chi connectivity index (χ0) is 17.1. The summed E-state index contributed by atoms with van der Waals surface area (Å²) in [6.45, 7) is 0.875. The maximum atomic E-state index is 12.4. The highest BCUT2D eigenvalue weighted by Crippen LogP contribution is 2.31. The van der Waals surface area contributed by atoms with Crippen LogP contribution in [0, 0.1) is 0 Å². The normalized spacial score (nSPS) is 16.5. The molecule has 0 fully saturated rings. The summed E-state index contributed by atoms with van der Waals surface area (Å²) in [6, 6.07) is 10.5. The largest absolute Gasteiger partial charge is 0.508 e. The SMILES string of the molecule is NCC1CCCc2ccc(C(=O)NCc3cc(O)ccc3Cl)cc21. The number of carbonyl (C=O) groups is 1. The van der Waals surface area contributed by atoms with Gasteiger partial charge in [-0.15, -0.1) is 0 Å². The highest BCUT2D eigenvalue weighted by molar-refractivity contribution is 6.31. The smallest absolute Gasteiger partial charge is 0.251 e. The van der Waals surface area contributed by atoms with Crippen LogP contribution >= 0.6 is 11.6 Å². The van der Waals surface area contributed by atoms with Gasteiger partial charge in [-0.25, -0.2) is 0 Å². The van der Waals surface area contributed by atoms with Crippen LogP contribution in [0.25, 0.3) is 0 Å². The van der Waals surface area contributed by atoms with E-state index in [1.807, 2.05) is 18.2 Å². The molecule has 0 heterocycles. The van der Waals surface area contributed by atoms with Gasteiger partial charge in [0.05, 0.1) is 0 Å². The van der Waals surface area contributed by atoms with Gasteiger partial charge in [0.2, 0.25) is 0 Å². The van der Waals surface area contributed by atoms with Crippen molar-refractivity contribution in [3.05, 3.63) is 63.7 Å². The first kappa shape index (κ1) is 16.8. The van der Waals surface area contributed by atoms with E-state index in [2.05, 4.69) is 5.32 Å². The fourth-order valence-corrected chi connectivity index (χ4v) is 3.44. The lowest BCUT2D eigenvalue weighted by Crippen LogP contribution is -2.24.